The lowest BCUT2D eigenvalue weighted by atomic mass is 9.93. The number of ketones is 1. The molecule has 1 amide bonds. The van der Waals surface area contributed by atoms with Crippen LogP contribution in [0.1, 0.15) is 102 Å². The van der Waals surface area contributed by atoms with Gasteiger partial charge in [0.25, 0.3) is 0 Å². The molecule has 7 nitrogen and oxygen atoms in total. The van der Waals surface area contributed by atoms with Gasteiger partial charge in [0, 0.05) is 24.7 Å². The molecule has 226 valence electrons. The van der Waals surface area contributed by atoms with Gasteiger partial charge >= 0.3 is 0 Å². The molecule has 4 rings (SSSR count). The average molecular weight is 584 g/mol. The van der Waals surface area contributed by atoms with Crippen molar-refractivity contribution in [3.8, 4) is 0 Å². The molecule has 2 aliphatic heterocycles. The third kappa shape index (κ3) is 8.33. The number of anilines is 1. The Hall–Kier alpha value is -2.42. The van der Waals surface area contributed by atoms with Crippen LogP contribution in [0.15, 0.2) is 47.8 Å². The Labute approximate surface area is 250 Å². The van der Waals surface area contributed by atoms with Crippen LogP contribution in [-0.2, 0) is 20.1 Å². The zero-order chi connectivity index (χ0) is 29.1. The molecular formula is C33H49N3O4S. The fraction of sp³-hybridized carbons (Fsp3) is 0.636. The van der Waals surface area contributed by atoms with E-state index in [-0.39, 0.29) is 11.7 Å². The van der Waals surface area contributed by atoms with Gasteiger partial charge in [-0.3, -0.25) is 9.59 Å². The fourth-order valence-corrected chi connectivity index (χ4v) is 7.12. The van der Waals surface area contributed by atoms with Crippen LogP contribution in [-0.4, -0.2) is 49.1 Å². The number of aliphatic hydroxyl groups excluding tert-OH is 1. The van der Waals surface area contributed by atoms with E-state index in [0.29, 0.717) is 22.6 Å². The van der Waals surface area contributed by atoms with Crippen molar-refractivity contribution in [3.63, 3.8) is 0 Å². The lowest BCUT2D eigenvalue weighted by Gasteiger charge is -2.42. The topological polar surface area (TPSA) is 90.9 Å². The van der Waals surface area contributed by atoms with Gasteiger partial charge in [0.1, 0.15) is 11.9 Å². The molecule has 1 aliphatic carbocycles. The molecule has 1 aromatic heterocycles. The minimum atomic E-state index is -1.51. The van der Waals surface area contributed by atoms with Gasteiger partial charge in [-0.15, -0.1) is 11.3 Å². The molecule has 0 spiro atoms. The van der Waals surface area contributed by atoms with E-state index in [1.807, 2.05) is 12.1 Å². The van der Waals surface area contributed by atoms with E-state index < -0.39 is 17.9 Å². The summed E-state index contributed by atoms with van der Waals surface area (Å²) in [4.78, 5) is 28.9. The summed E-state index contributed by atoms with van der Waals surface area (Å²) in [7, 11) is 1.80. The SMILES string of the molecule is CCCCCCCCCCCCC(NC)C(=O)NC1(c2ccc(N3CCCCC3)s2)OC2=CC(=O)C=CC2=CC1O. The molecule has 41 heavy (non-hydrogen) atoms. The number of amides is 1. The first-order chi connectivity index (χ1) is 20.0. The number of allylic oxidation sites excluding steroid dienone is 3. The van der Waals surface area contributed by atoms with Crippen LogP contribution in [0.5, 0.6) is 0 Å². The number of likely N-dealkylation sites (N-methyl/N-ethyl adjacent to an activating group) is 1. The molecule has 0 radical (unpaired) electrons. The van der Waals surface area contributed by atoms with Gasteiger partial charge in [-0.05, 0) is 63.1 Å². The maximum absolute atomic E-state index is 13.7. The van der Waals surface area contributed by atoms with Crippen molar-refractivity contribution in [2.24, 2.45) is 0 Å². The molecular weight excluding hydrogens is 534 g/mol. The number of unbranched alkanes of at least 4 members (excludes halogenated alkanes) is 9. The number of hydrogen-bond acceptors (Lipinski definition) is 7. The number of thiophene rings is 1. The van der Waals surface area contributed by atoms with Gasteiger partial charge in [0.2, 0.25) is 11.6 Å². The second-order valence-corrected chi connectivity index (χ2v) is 12.7. The van der Waals surface area contributed by atoms with E-state index in [4.69, 9.17) is 4.74 Å². The molecule has 0 aromatic carbocycles. The number of rotatable bonds is 16. The van der Waals surface area contributed by atoms with Crippen LogP contribution in [0.25, 0.3) is 0 Å². The standard InChI is InChI=1S/C33H49N3O4S/c1-3-4-5-6-7-8-9-10-11-13-16-27(34-2)32(39)35-33(29(38)23-25-17-18-26(37)24-28(25)40-33)30-19-20-31(41-30)36-21-14-12-15-22-36/h17-20,23-24,27,29,34,38H,3-16,21-22H2,1-2H3,(H,35,39). The van der Waals surface area contributed by atoms with Crippen LogP contribution in [0.2, 0.25) is 0 Å². The van der Waals surface area contributed by atoms with Gasteiger partial charge in [0.05, 0.1) is 15.9 Å². The van der Waals surface area contributed by atoms with Gasteiger partial charge in [0.15, 0.2) is 5.78 Å². The lowest BCUT2D eigenvalue weighted by Crippen LogP contribution is -2.59. The highest BCUT2D eigenvalue weighted by atomic mass is 32.1. The second-order valence-electron chi connectivity index (χ2n) is 11.6. The molecule has 3 aliphatic rings. The predicted molar refractivity (Wildman–Crippen MR) is 167 cm³/mol. The van der Waals surface area contributed by atoms with Crippen molar-refractivity contribution in [2.75, 3.05) is 25.0 Å². The maximum atomic E-state index is 13.7. The number of ether oxygens (including phenoxy) is 1. The Kier molecular flexibility index (Phi) is 12.1. The van der Waals surface area contributed by atoms with Crippen molar-refractivity contribution in [1.82, 2.24) is 10.6 Å². The summed E-state index contributed by atoms with van der Waals surface area (Å²) in [5, 5.41) is 18.8. The number of nitrogens with one attached hydrogen (secondary N) is 2. The minimum absolute atomic E-state index is 0.178. The smallest absolute Gasteiger partial charge is 0.248 e. The van der Waals surface area contributed by atoms with E-state index in [2.05, 4.69) is 22.5 Å². The Bertz CT molecular complexity index is 1100. The third-order valence-electron chi connectivity index (χ3n) is 8.46. The normalized spacial score (nSPS) is 23.0. The molecule has 3 N–H and O–H groups in total. The molecule has 3 heterocycles. The van der Waals surface area contributed by atoms with Gasteiger partial charge in [-0.25, -0.2) is 0 Å². The number of carbonyl (C=O) groups excluding carboxylic acids is 2. The van der Waals surface area contributed by atoms with Crippen LogP contribution in [0.3, 0.4) is 0 Å². The van der Waals surface area contributed by atoms with E-state index in [0.717, 1.165) is 43.8 Å². The van der Waals surface area contributed by atoms with Crippen molar-refractivity contribution in [1.29, 1.82) is 0 Å². The van der Waals surface area contributed by atoms with Crippen LogP contribution in [0.4, 0.5) is 5.00 Å². The van der Waals surface area contributed by atoms with Crippen LogP contribution < -0.4 is 15.5 Å². The summed E-state index contributed by atoms with van der Waals surface area (Å²) in [6.07, 6.45) is 21.8. The van der Waals surface area contributed by atoms with Crippen molar-refractivity contribution in [2.45, 2.75) is 115 Å². The Morgan fingerprint density at radius 1 is 1.05 bits per heavy atom. The number of nitrogens with zero attached hydrogens (tertiary/aromatic N) is 1. The average Bonchev–Trinajstić information content (AvgIpc) is 3.48. The summed E-state index contributed by atoms with van der Waals surface area (Å²) in [5.41, 5.74) is -0.867. The minimum Gasteiger partial charge on any atom is -0.459 e. The highest BCUT2D eigenvalue weighted by molar-refractivity contribution is 7.16. The molecule has 0 bridgehead atoms. The second kappa shape index (κ2) is 15.7. The summed E-state index contributed by atoms with van der Waals surface area (Å²) in [5.74, 6) is -0.0275. The van der Waals surface area contributed by atoms with Crippen LogP contribution in [0, 0.1) is 0 Å². The molecule has 1 aromatic rings. The molecule has 1 saturated heterocycles. The number of hydrogen-bond donors (Lipinski definition) is 3. The van der Waals surface area contributed by atoms with E-state index in [9.17, 15) is 14.7 Å². The van der Waals surface area contributed by atoms with Gasteiger partial charge in [-0.2, -0.15) is 0 Å². The molecule has 3 atom stereocenters. The lowest BCUT2D eigenvalue weighted by molar-refractivity contribution is -0.146. The Morgan fingerprint density at radius 3 is 2.41 bits per heavy atom. The van der Waals surface area contributed by atoms with Gasteiger partial charge in [-0.1, -0.05) is 71.1 Å². The fourth-order valence-electron chi connectivity index (χ4n) is 5.94. The van der Waals surface area contributed by atoms with Crippen molar-refractivity contribution in [3.05, 3.63) is 52.6 Å². The number of carbonyl (C=O) groups is 2. The molecule has 8 heteroatoms. The summed E-state index contributed by atoms with van der Waals surface area (Å²) >= 11 is 1.53. The number of fused-ring (bicyclic) bond motifs is 1. The van der Waals surface area contributed by atoms with E-state index in [1.54, 1.807) is 19.2 Å². The van der Waals surface area contributed by atoms with E-state index >= 15 is 0 Å². The number of piperidine rings is 1. The summed E-state index contributed by atoms with van der Waals surface area (Å²) in [6, 6.07) is 3.58. The Balaban J connectivity index is 1.42. The number of aliphatic hydroxyl groups is 1. The first-order valence-corrected chi connectivity index (χ1v) is 16.7. The molecule has 3 unspecified atom stereocenters. The first-order valence-electron chi connectivity index (χ1n) is 15.8. The van der Waals surface area contributed by atoms with E-state index in [1.165, 1.54) is 81.3 Å². The zero-order valence-corrected chi connectivity index (χ0v) is 25.8. The zero-order valence-electron chi connectivity index (χ0n) is 25.0. The van der Waals surface area contributed by atoms with Crippen LogP contribution >= 0.6 is 11.3 Å². The summed E-state index contributed by atoms with van der Waals surface area (Å²) < 4.78 is 6.42. The van der Waals surface area contributed by atoms with Gasteiger partial charge < -0.3 is 25.4 Å². The first kappa shape index (κ1) is 31.5. The monoisotopic (exact) mass is 583 g/mol. The Morgan fingerprint density at radius 2 is 1.73 bits per heavy atom. The van der Waals surface area contributed by atoms with Crippen molar-refractivity contribution < 1.29 is 19.4 Å². The molecule has 0 saturated carbocycles. The summed E-state index contributed by atoms with van der Waals surface area (Å²) in [6.45, 7) is 4.24. The largest absolute Gasteiger partial charge is 0.459 e. The molecule has 1 fully saturated rings. The quantitative estimate of drug-likeness (QED) is 0.199. The third-order valence-corrected chi connectivity index (χ3v) is 9.72. The predicted octanol–water partition coefficient (Wildman–Crippen LogP) is 6.25. The van der Waals surface area contributed by atoms with Crippen molar-refractivity contribution >= 4 is 28.0 Å². The maximum Gasteiger partial charge on any atom is 0.248 e. The highest BCUT2D eigenvalue weighted by Gasteiger charge is 2.49. The highest BCUT2D eigenvalue weighted by Crippen LogP contribution is 2.43.